The molecule has 38 heavy (non-hydrogen) atoms. The van der Waals surface area contributed by atoms with Crippen molar-refractivity contribution < 1.29 is 14.0 Å². The van der Waals surface area contributed by atoms with Gasteiger partial charge >= 0.3 is 0 Å². The van der Waals surface area contributed by atoms with Gasteiger partial charge in [0, 0.05) is 31.7 Å². The number of nitrogens with zero attached hydrogens (tertiary/aromatic N) is 5. The summed E-state index contributed by atoms with van der Waals surface area (Å²) in [6, 6.07) is 24.9. The summed E-state index contributed by atoms with van der Waals surface area (Å²) in [4.78, 5) is 32.1. The summed E-state index contributed by atoms with van der Waals surface area (Å²) >= 11 is 0. The van der Waals surface area contributed by atoms with Gasteiger partial charge in [0.1, 0.15) is 6.54 Å². The van der Waals surface area contributed by atoms with Crippen LogP contribution in [0.3, 0.4) is 0 Å². The number of rotatable bonds is 7. The van der Waals surface area contributed by atoms with E-state index in [4.69, 9.17) is 4.42 Å². The van der Waals surface area contributed by atoms with Gasteiger partial charge in [-0.15, -0.1) is 10.2 Å². The fraction of sp³-hybridized carbons (Fsp3) is 0.267. The first kappa shape index (κ1) is 25.2. The summed E-state index contributed by atoms with van der Waals surface area (Å²) < 4.78 is 5.36. The number of aryl methyl sites for hydroxylation is 1. The summed E-state index contributed by atoms with van der Waals surface area (Å²) in [5, 5.41) is 8.85. The molecule has 0 bridgehead atoms. The highest BCUT2D eigenvalue weighted by Gasteiger charge is 2.30. The Kier molecular flexibility index (Phi) is 7.49. The maximum Gasteiger partial charge on any atom is 0.290 e. The monoisotopic (exact) mass is 509 g/mol. The number of hydrogen-bond acceptors (Lipinski definition) is 6. The highest BCUT2D eigenvalue weighted by molar-refractivity contribution is 5.94. The molecule has 194 valence electrons. The number of anilines is 1. The maximum atomic E-state index is 13.3. The summed E-state index contributed by atoms with van der Waals surface area (Å²) in [5.74, 6) is 0.619. The molecule has 0 aliphatic carbocycles. The minimum absolute atomic E-state index is 0.0271. The molecule has 0 N–H and O–H groups in total. The smallest absolute Gasteiger partial charge is 0.290 e. The lowest BCUT2D eigenvalue weighted by molar-refractivity contribution is -0.132. The zero-order chi connectivity index (χ0) is 26.5. The molecular formula is C30H31N5O3. The second-order valence-corrected chi connectivity index (χ2v) is 9.51. The van der Waals surface area contributed by atoms with E-state index in [0.29, 0.717) is 26.2 Å². The Hall–Kier alpha value is -4.46. The van der Waals surface area contributed by atoms with E-state index < -0.39 is 0 Å². The molecule has 5 rings (SSSR count). The van der Waals surface area contributed by atoms with Crippen LogP contribution in [-0.2, 0) is 4.79 Å². The molecule has 2 aromatic heterocycles. The Morgan fingerprint density at radius 1 is 0.895 bits per heavy atom. The van der Waals surface area contributed by atoms with E-state index in [1.54, 1.807) is 17.0 Å². The zero-order valence-electron chi connectivity index (χ0n) is 21.7. The summed E-state index contributed by atoms with van der Waals surface area (Å²) in [6.07, 6.45) is 1.47. The molecule has 0 radical (unpaired) electrons. The van der Waals surface area contributed by atoms with Crippen molar-refractivity contribution in [2.24, 2.45) is 0 Å². The molecule has 0 unspecified atom stereocenters. The fourth-order valence-corrected chi connectivity index (χ4v) is 4.64. The standard InChI is InChI=1S/C30H31N5O3/c1-22-10-12-25(13-11-22)26-14-15-28(32-31-26)33-16-18-34(19-17-33)29(36)21-35(30(37)27-9-6-20-38-27)23(2)24-7-4-3-5-8-24/h3-15,20,23H,16-19,21H2,1-2H3/t23-/m0/s1. The van der Waals surface area contributed by atoms with E-state index in [1.165, 1.54) is 11.8 Å². The van der Waals surface area contributed by atoms with Crippen LogP contribution in [0.1, 0.15) is 34.6 Å². The fourth-order valence-electron chi connectivity index (χ4n) is 4.64. The lowest BCUT2D eigenvalue weighted by Gasteiger charge is -2.37. The topological polar surface area (TPSA) is 82.8 Å². The van der Waals surface area contributed by atoms with Crippen LogP contribution in [0.4, 0.5) is 5.82 Å². The zero-order valence-corrected chi connectivity index (χ0v) is 21.7. The largest absolute Gasteiger partial charge is 0.459 e. The molecule has 8 heteroatoms. The first-order valence-corrected chi connectivity index (χ1v) is 12.8. The summed E-state index contributed by atoms with van der Waals surface area (Å²) in [7, 11) is 0. The van der Waals surface area contributed by atoms with Crippen molar-refractivity contribution in [1.82, 2.24) is 20.0 Å². The molecule has 2 amide bonds. The van der Waals surface area contributed by atoms with Crippen LogP contribution >= 0.6 is 0 Å². The van der Waals surface area contributed by atoms with Crippen molar-refractivity contribution in [3.05, 3.63) is 102 Å². The van der Waals surface area contributed by atoms with Crippen LogP contribution < -0.4 is 4.90 Å². The lowest BCUT2D eigenvalue weighted by Crippen LogP contribution is -2.52. The predicted molar refractivity (Wildman–Crippen MR) is 146 cm³/mol. The Balaban J connectivity index is 1.22. The molecule has 3 heterocycles. The van der Waals surface area contributed by atoms with E-state index in [2.05, 4.69) is 34.2 Å². The van der Waals surface area contributed by atoms with Crippen LogP contribution in [0, 0.1) is 6.92 Å². The Bertz CT molecular complexity index is 1350. The normalized spacial score (nSPS) is 14.3. The van der Waals surface area contributed by atoms with Gasteiger partial charge in [-0.1, -0.05) is 60.2 Å². The molecule has 1 fully saturated rings. The molecule has 1 atom stereocenters. The van der Waals surface area contributed by atoms with Crippen molar-refractivity contribution in [3.63, 3.8) is 0 Å². The van der Waals surface area contributed by atoms with Gasteiger partial charge in [-0.25, -0.2) is 0 Å². The van der Waals surface area contributed by atoms with Crippen molar-refractivity contribution in [3.8, 4) is 11.3 Å². The minimum Gasteiger partial charge on any atom is -0.459 e. The average molecular weight is 510 g/mol. The van der Waals surface area contributed by atoms with Gasteiger partial charge < -0.3 is 19.1 Å². The Labute approximate surface area is 222 Å². The van der Waals surface area contributed by atoms with E-state index >= 15 is 0 Å². The lowest BCUT2D eigenvalue weighted by atomic mass is 10.1. The highest BCUT2D eigenvalue weighted by Crippen LogP contribution is 2.24. The maximum absolute atomic E-state index is 13.3. The molecule has 0 saturated carbocycles. The Morgan fingerprint density at radius 2 is 1.63 bits per heavy atom. The van der Waals surface area contributed by atoms with E-state index in [9.17, 15) is 9.59 Å². The van der Waals surface area contributed by atoms with E-state index in [0.717, 1.165) is 22.6 Å². The first-order chi connectivity index (χ1) is 18.5. The molecule has 1 saturated heterocycles. The first-order valence-electron chi connectivity index (χ1n) is 12.8. The molecule has 4 aromatic rings. The van der Waals surface area contributed by atoms with Crippen LogP contribution in [0.2, 0.25) is 0 Å². The minimum atomic E-state index is -0.303. The van der Waals surface area contributed by atoms with Gasteiger partial charge in [-0.05, 0) is 43.7 Å². The van der Waals surface area contributed by atoms with Gasteiger partial charge in [-0.2, -0.15) is 0 Å². The molecule has 2 aromatic carbocycles. The number of carbonyl (C=O) groups excluding carboxylic acids is 2. The number of amides is 2. The molecular weight excluding hydrogens is 478 g/mol. The van der Waals surface area contributed by atoms with Gasteiger partial charge in [0.05, 0.1) is 18.0 Å². The van der Waals surface area contributed by atoms with Gasteiger partial charge in [0.2, 0.25) is 5.91 Å². The molecule has 1 aliphatic heterocycles. The van der Waals surface area contributed by atoms with Gasteiger partial charge in [0.15, 0.2) is 11.6 Å². The summed E-state index contributed by atoms with van der Waals surface area (Å²) in [6.45, 7) is 6.34. The van der Waals surface area contributed by atoms with Crippen molar-refractivity contribution in [1.29, 1.82) is 0 Å². The Morgan fingerprint density at radius 3 is 2.26 bits per heavy atom. The van der Waals surface area contributed by atoms with E-state index in [1.807, 2.05) is 66.4 Å². The quantitative estimate of drug-likeness (QED) is 0.362. The highest BCUT2D eigenvalue weighted by atomic mass is 16.3. The van der Waals surface area contributed by atoms with E-state index in [-0.39, 0.29) is 30.2 Å². The SMILES string of the molecule is Cc1ccc(-c2ccc(N3CCN(C(=O)CN(C(=O)c4ccco4)[C@@H](C)c4ccccc4)CC3)nn2)cc1. The van der Waals surface area contributed by atoms with Crippen molar-refractivity contribution >= 4 is 17.6 Å². The van der Waals surface area contributed by atoms with Crippen molar-refractivity contribution in [2.75, 3.05) is 37.6 Å². The number of aromatic nitrogens is 2. The third kappa shape index (κ3) is 5.59. The number of carbonyl (C=O) groups is 2. The van der Waals surface area contributed by atoms with Crippen LogP contribution in [0.25, 0.3) is 11.3 Å². The van der Waals surface area contributed by atoms with Crippen molar-refractivity contribution in [2.45, 2.75) is 19.9 Å². The predicted octanol–water partition coefficient (Wildman–Crippen LogP) is 4.60. The molecule has 8 nitrogen and oxygen atoms in total. The van der Waals surface area contributed by atoms with Crippen LogP contribution in [0.5, 0.6) is 0 Å². The second kappa shape index (κ2) is 11.3. The van der Waals surface area contributed by atoms with Gasteiger partial charge in [-0.3, -0.25) is 9.59 Å². The number of hydrogen-bond donors (Lipinski definition) is 0. The third-order valence-corrected chi connectivity index (χ3v) is 7.00. The molecule has 1 aliphatic rings. The average Bonchev–Trinajstić information content (AvgIpc) is 3.51. The number of benzene rings is 2. The van der Waals surface area contributed by atoms with Gasteiger partial charge in [0.25, 0.3) is 5.91 Å². The third-order valence-electron chi connectivity index (χ3n) is 7.00. The van der Waals surface area contributed by atoms with Crippen LogP contribution in [-0.4, -0.2) is 64.5 Å². The van der Waals surface area contributed by atoms with Crippen LogP contribution in [0.15, 0.2) is 89.5 Å². The number of furan rings is 1. The number of piperazine rings is 1. The summed E-state index contributed by atoms with van der Waals surface area (Å²) in [5.41, 5.74) is 4.02. The second-order valence-electron chi connectivity index (χ2n) is 9.51. The molecule has 0 spiro atoms.